The molecule has 0 atom stereocenters. The van der Waals surface area contributed by atoms with Crippen LogP contribution in [0.5, 0.6) is 0 Å². The van der Waals surface area contributed by atoms with Gasteiger partial charge >= 0.3 is 6.03 Å². The molecule has 2 aromatic rings. The van der Waals surface area contributed by atoms with Gasteiger partial charge in [0.05, 0.1) is 18.3 Å². The number of rotatable bonds is 5. The molecule has 2 heterocycles. The number of nitrogens with zero attached hydrogens (tertiary/aromatic N) is 2. The number of halogens is 1. The summed E-state index contributed by atoms with van der Waals surface area (Å²) in [7, 11) is 0. The highest BCUT2D eigenvalue weighted by Gasteiger charge is 2.10. The molecule has 3 amide bonds. The van der Waals surface area contributed by atoms with Crippen LogP contribution in [-0.4, -0.2) is 28.5 Å². The van der Waals surface area contributed by atoms with E-state index in [0.29, 0.717) is 28.6 Å². The summed E-state index contributed by atoms with van der Waals surface area (Å²) >= 11 is 6.13. The molecule has 0 spiro atoms. The molecule has 3 N–H and O–H groups in total. The van der Waals surface area contributed by atoms with E-state index in [-0.39, 0.29) is 18.4 Å². The number of carbonyl (C=O) groups excluding carboxylic acids is 2. The quantitative estimate of drug-likeness (QED) is 0.783. The number of aromatic nitrogens is 2. The van der Waals surface area contributed by atoms with Gasteiger partial charge in [-0.2, -0.15) is 0 Å². The Bertz CT molecular complexity index is 694. The molecule has 0 aliphatic rings. The Morgan fingerprint density at radius 1 is 1.26 bits per heavy atom. The Morgan fingerprint density at radius 2 is 2.09 bits per heavy atom. The van der Waals surface area contributed by atoms with Gasteiger partial charge in [0.25, 0.3) is 0 Å². The number of hydrogen-bond acceptors (Lipinski definition) is 4. The zero-order valence-corrected chi connectivity index (χ0v) is 13.2. The van der Waals surface area contributed by atoms with Gasteiger partial charge in [-0.3, -0.25) is 15.1 Å². The van der Waals surface area contributed by atoms with E-state index in [4.69, 9.17) is 11.6 Å². The molecular formula is C15H16ClN5O2. The average molecular weight is 334 g/mol. The predicted molar refractivity (Wildman–Crippen MR) is 88.5 cm³/mol. The number of pyridine rings is 2. The lowest BCUT2D eigenvalue weighted by Gasteiger charge is -2.09. The smallest absolute Gasteiger partial charge is 0.320 e. The first-order chi connectivity index (χ1) is 11.1. The van der Waals surface area contributed by atoms with Gasteiger partial charge in [-0.25, -0.2) is 9.78 Å². The zero-order valence-electron chi connectivity index (χ0n) is 12.5. The first-order valence-corrected chi connectivity index (χ1v) is 7.35. The lowest BCUT2D eigenvalue weighted by molar-refractivity contribution is -0.115. The number of urea groups is 1. The monoisotopic (exact) mass is 333 g/mol. The van der Waals surface area contributed by atoms with E-state index >= 15 is 0 Å². The highest BCUT2D eigenvalue weighted by Crippen LogP contribution is 2.19. The van der Waals surface area contributed by atoms with E-state index in [1.54, 1.807) is 24.5 Å². The Morgan fingerprint density at radius 3 is 2.74 bits per heavy atom. The largest absolute Gasteiger partial charge is 0.338 e. The van der Waals surface area contributed by atoms with Crippen molar-refractivity contribution in [3.63, 3.8) is 0 Å². The molecule has 120 valence electrons. The maximum Gasteiger partial charge on any atom is 0.320 e. The average Bonchev–Trinajstić information content (AvgIpc) is 2.51. The van der Waals surface area contributed by atoms with Gasteiger partial charge in [-0.05, 0) is 30.7 Å². The molecule has 0 saturated carbocycles. The SMILES string of the molecule is CCNC(=O)Nc1cc(Cl)c(CC(=O)Nc2cccnc2)cn1. The fourth-order valence-electron chi connectivity index (χ4n) is 1.79. The minimum Gasteiger partial charge on any atom is -0.338 e. The number of nitrogens with one attached hydrogen (secondary N) is 3. The van der Waals surface area contributed by atoms with Crippen LogP contribution in [0.3, 0.4) is 0 Å². The minimum absolute atomic E-state index is 0.0716. The van der Waals surface area contributed by atoms with Gasteiger partial charge in [0.15, 0.2) is 0 Å². The topological polar surface area (TPSA) is 96.0 Å². The maximum atomic E-state index is 12.0. The standard InChI is InChI=1S/C15H16ClN5O2/c1-2-18-15(23)21-13-7-12(16)10(8-19-13)6-14(22)20-11-4-3-5-17-9-11/h3-5,7-9H,2,6H2,1H3,(H,20,22)(H2,18,19,21,23). The first-order valence-electron chi connectivity index (χ1n) is 6.97. The molecule has 2 aromatic heterocycles. The third-order valence-electron chi connectivity index (χ3n) is 2.80. The maximum absolute atomic E-state index is 12.0. The molecule has 8 heteroatoms. The fourth-order valence-corrected chi connectivity index (χ4v) is 2.01. The van der Waals surface area contributed by atoms with Crippen molar-refractivity contribution >= 4 is 35.0 Å². The third kappa shape index (κ3) is 5.23. The Balaban J connectivity index is 1.98. The summed E-state index contributed by atoms with van der Waals surface area (Å²) in [5.41, 5.74) is 1.17. The van der Waals surface area contributed by atoms with E-state index in [0.717, 1.165) is 0 Å². The Hall–Kier alpha value is -2.67. The minimum atomic E-state index is -0.363. The fraction of sp³-hybridized carbons (Fsp3) is 0.200. The zero-order chi connectivity index (χ0) is 16.7. The lowest BCUT2D eigenvalue weighted by atomic mass is 10.2. The Kier molecular flexibility index (Phi) is 5.87. The van der Waals surface area contributed by atoms with E-state index in [2.05, 4.69) is 25.9 Å². The van der Waals surface area contributed by atoms with Crippen molar-refractivity contribution in [3.05, 3.63) is 47.4 Å². The van der Waals surface area contributed by atoms with Crippen molar-refractivity contribution in [2.45, 2.75) is 13.3 Å². The van der Waals surface area contributed by atoms with Gasteiger partial charge in [0, 0.05) is 24.0 Å². The second-order valence-corrected chi connectivity index (χ2v) is 5.02. The highest BCUT2D eigenvalue weighted by molar-refractivity contribution is 6.31. The predicted octanol–water partition coefficient (Wildman–Crippen LogP) is 2.45. The van der Waals surface area contributed by atoms with Gasteiger partial charge in [-0.1, -0.05) is 11.6 Å². The van der Waals surface area contributed by atoms with Crippen LogP contribution >= 0.6 is 11.6 Å². The summed E-state index contributed by atoms with van der Waals surface area (Å²) in [6, 6.07) is 4.61. The van der Waals surface area contributed by atoms with Crippen LogP contribution in [0.25, 0.3) is 0 Å². The molecule has 0 aromatic carbocycles. The normalized spacial score (nSPS) is 10.0. The summed E-state index contributed by atoms with van der Waals surface area (Å²) in [4.78, 5) is 31.4. The van der Waals surface area contributed by atoms with Crippen molar-refractivity contribution in [2.24, 2.45) is 0 Å². The van der Waals surface area contributed by atoms with E-state index < -0.39 is 0 Å². The van der Waals surface area contributed by atoms with Crippen LogP contribution in [0.1, 0.15) is 12.5 Å². The Labute approximate surface area is 138 Å². The van der Waals surface area contributed by atoms with Crippen molar-refractivity contribution in [1.29, 1.82) is 0 Å². The second-order valence-electron chi connectivity index (χ2n) is 4.61. The van der Waals surface area contributed by atoms with E-state index in [1.165, 1.54) is 12.3 Å². The molecule has 0 saturated heterocycles. The highest BCUT2D eigenvalue weighted by atomic mass is 35.5. The molecule has 0 fully saturated rings. The van der Waals surface area contributed by atoms with Gasteiger partial charge in [0.1, 0.15) is 5.82 Å². The molecule has 0 aliphatic carbocycles. The summed E-state index contributed by atoms with van der Waals surface area (Å²) < 4.78 is 0. The van der Waals surface area contributed by atoms with Crippen molar-refractivity contribution in [1.82, 2.24) is 15.3 Å². The second kappa shape index (κ2) is 8.09. The van der Waals surface area contributed by atoms with Gasteiger partial charge in [0.2, 0.25) is 5.91 Å². The summed E-state index contributed by atoms with van der Waals surface area (Å²) in [5.74, 6) is 0.0866. The number of carbonyl (C=O) groups is 2. The summed E-state index contributed by atoms with van der Waals surface area (Å²) in [6.45, 7) is 2.32. The number of amides is 3. The van der Waals surface area contributed by atoms with Crippen LogP contribution < -0.4 is 16.0 Å². The van der Waals surface area contributed by atoms with E-state index in [1.807, 2.05) is 6.92 Å². The summed E-state index contributed by atoms with van der Waals surface area (Å²) in [6.07, 6.45) is 4.71. The van der Waals surface area contributed by atoms with Gasteiger partial charge in [-0.15, -0.1) is 0 Å². The van der Waals surface area contributed by atoms with Crippen LogP contribution in [0.15, 0.2) is 36.8 Å². The van der Waals surface area contributed by atoms with Crippen LogP contribution in [0.2, 0.25) is 5.02 Å². The molecule has 0 radical (unpaired) electrons. The molecule has 23 heavy (non-hydrogen) atoms. The van der Waals surface area contributed by atoms with E-state index in [9.17, 15) is 9.59 Å². The molecule has 0 unspecified atom stereocenters. The van der Waals surface area contributed by atoms with Crippen LogP contribution in [0, 0.1) is 0 Å². The van der Waals surface area contributed by atoms with Crippen molar-refractivity contribution < 1.29 is 9.59 Å². The summed E-state index contributed by atoms with van der Waals surface area (Å²) in [5, 5.41) is 8.20. The lowest BCUT2D eigenvalue weighted by Crippen LogP contribution is -2.28. The number of hydrogen-bond donors (Lipinski definition) is 3. The number of anilines is 2. The first kappa shape index (κ1) is 16.7. The van der Waals surface area contributed by atoms with Crippen molar-refractivity contribution in [2.75, 3.05) is 17.2 Å². The molecular weight excluding hydrogens is 318 g/mol. The molecule has 0 bridgehead atoms. The van der Waals surface area contributed by atoms with Crippen LogP contribution in [-0.2, 0) is 11.2 Å². The third-order valence-corrected chi connectivity index (χ3v) is 3.16. The molecule has 2 rings (SSSR count). The molecule has 0 aliphatic heterocycles. The van der Waals surface area contributed by atoms with Gasteiger partial charge < -0.3 is 10.6 Å². The van der Waals surface area contributed by atoms with Crippen LogP contribution in [0.4, 0.5) is 16.3 Å². The van der Waals surface area contributed by atoms with Crippen molar-refractivity contribution in [3.8, 4) is 0 Å². The molecule has 7 nitrogen and oxygen atoms in total.